The van der Waals surface area contributed by atoms with Crippen molar-refractivity contribution in [1.82, 2.24) is 10.2 Å². The van der Waals surface area contributed by atoms with Crippen LogP contribution in [0.5, 0.6) is 0 Å². The van der Waals surface area contributed by atoms with Crippen molar-refractivity contribution < 1.29 is 14.4 Å². The highest BCUT2D eigenvalue weighted by atomic mass is 32.1. The zero-order valence-electron chi connectivity index (χ0n) is 14.2. The Morgan fingerprint density at radius 1 is 1.12 bits per heavy atom. The van der Waals surface area contributed by atoms with Gasteiger partial charge in [-0.15, -0.1) is 11.3 Å². The Hall–Kier alpha value is -2.47. The molecule has 2 aromatic rings. The zero-order valence-corrected chi connectivity index (χ0v) is 15.1. The van der Waals surface area contributed by atoms with E-state index in [1.165, 1.54) is 11.3 Å². The largest absolute Gasteiger partial charge is 0.325 e. The number of carbonyl (C=O) groups excluding carboxylic acids is 3. The average molecular weight is 356 g/mol. The summed E-state index contributed by atoms with van der Waals surface area (Å²) in [5.41, 5.74) is -0.363. The molecule has 1 N–H and O–H groups in total. The van der Waals surface area contributed by atoms with Gasteiger partial charge in [-0.2, -0.15) is 0 Å². The standard InChI is InChI=1S/C19H20N2O3S/c1-3-14-10-11-16(25-14)15(22)12-21-17(23)19(4-2,20-18(21)24)13-8-6-5-7-9-13/h5-11H,3-4,12H2,1-2H3,(H,20,24)/t19-/m0/s1. The molecule has 0 spiro atoms. The van der Waals surface area contributed by atoms with E-state index in [1.807, 2.05) is 50.2 Å². The second-order valence-corrected chi connectivity index (χ2v) is 7.16. The van der Waals surface area contributed by atoms with E-state index in [4.69, 9.17) is 0 Å². The van der Waals surface area contributed by atoms with Crippen LogP contribution in [0.3, 0.4) is 0 Å². The van der Waals surface area contributed by atoms with Gasteiger partial charge in [0, 0.05) is 4.88 Å². The van der Waals surface area contributed by atoms with E-state index < -0.39 is 11.6 Å². The Labute approximate surface area is 150 Å². The number of thiophene rings is 1. The molecule has 1 saturated heterocycles. The lowest BCUT2D eigenvalue weighted by Crippen LogP contribution is -2.43. The maximum atomic E-state index is 13.0. The van der Waals surface area contributed by atoms with Gasteiger partial charge >= 0.3 is 6.03 Å². The fourth-order valence-corrected chi connectivity index (χ4v) is 3.95. The van der Waals surface area contributed by atoms with Gasteiger partial charge in [0.25, 0.3) is 5.91 Å². The summed E-state index contributed by atoms with van der Waals surface area (Å²) in [5, 5.41) is 2.80. The van der Waals surface area contributed by atoms with Crippen molar-refractivity contribution in [1.29, 1.82) is 0 Å². The van der Waals surface area contributed by atoms with Crippen LogP contribution < -0.4 is 5.32 Å². The minimum Gasteiger partial charge on any atom is -0.319 e. The molecule has 0 radical (unpaired) electrons. The monoisotopic (exact) mass is 356 g/mol. The number of urea groups is 1. The van der Waals surface area contributed by atoms with Gasteiger partial charge < -0.3 is 5.32 Å². The lowest BCUT2D eigenvalue weighted by Gasteiger charge is -2.25. The highest BCUT2D eigenvalue weighted by Gasteiger charge is 2.51. The highest BCUT2D eigenvalue weighted by molar-refractivity contribution is 7.14. The Balaban J connectivity index is 1.85. The SMILES string of the molecule is CCc1ccc(C(=O)CN2C(=O)N[C@@](CC)(c3ccccc3)C2=O)s1. The third kappa shape index (κ3) is 2.98. The van der Waals surface area contributed by atoms with Crippen LogP contribution in [0.2, 0.25) is 0 Å². The quantitative estimate of drug-likeness (QED) is 0.637. The number of nitrogens with one attached hydrogen (secondary N) is 1. The molecule has 3 amide bonds. The van der Waals surface area contributed by atoms with Crippen molar-refractivity contribution in [2.75, 3.05) is 6.54 Å². The molecule has 1 aliphatic rings. The lowest BCUT2D eigenvalue weighted by atomic mass is 9.87. The predicted molar refractivity (Wildman–Crippen MR) is 96.7 cm³/mol. The smallest absolute Gasteiger partial charge is 0.319 e. The number of aryl methyl sites for hydroxylation is 1. The number of amides is 3. The first-order valence-corrected chi connectivity index (χ1v) is 9.15. The predicted octanol–water partition coefficient (Wildman–Crippen LogP) is 3.35. The average Bonchev–Trinajstić information content (AvgIpc) is 3.21. The van der Waals surface area contributed by atoms with Crippen molar-refractivity contribution in [2.24, 2.45) is 0 Å². The number of hydrogen-bond acceptors (Lipinski definition) is 4. The van der Waals surface area contributed by atoms with E-state index in [0.29, 0.717) is 11.3 Å². The number of ketones is 1. The molecular formula is C19H20N2O3S. The Morgan fingerprint density at radius 3 is 2.44 bits per heavy atom. The molecule has 0 unspecified atom stereocenters. The minimum atomic E-state index is -1.09. The molecule has 1 aromatic heterocycles. The number of hydrogen-bond donors (Lipinski definition) is 1. The van der Waals surface area contributed by atoms with Crippen LogP contribution in [0.1, 0.15) is 40.4 Å². The summed E-state index contributed by atoms with van der Waals surface area (Å²) in [6.45, 7) is 3.64. The van der Waals surface area contributed by atoms with Crippen LogP contribution in [-0.4, -0.2) is 29.2 Å². The number of imide groups is 1. The molecule has 25 heavy (non-hydrogen) atoms. The van der Waals surface area contributed by atoms with E-state index in [0.717, 1.165) is 21.8 Å². The molecule has 0 saturated carbocycles. The maximum absolute atomic E-state index is 13.0. The number of benzene rings is 1. The van der Waals surface area contributed by atoms with Crippen molar-refractivity contribution in [3.05, 3.63) is 57.8 Å². The van der Waals surface area contributed by atoms with Crippen LogP contribution in [0.15, 0.2) is 42.5 Å². The van der Waals surface area contributed by atoms with E-state index in [1.54, 1.807) is 6.07 Å². The van der Waals surface area contributed by atoms with Gasteiger partial charge in [0.15, 0.2) is 5.78 Å². The third-order valence-electron chi connectivity index (χ3n) is 4.56. The molecule has 6 heteroatoms. The van der Waals surface area contributed by atoms with E-state index in [-0.39, 0.29) is 18.2 Å². The molecule has 130 valence electrons. The molecule has 1 aromatic carbocycles. The van der Waals surface area contributed by atoms with Gasteiger partial charge in [-0.1, -0.05) is 44.2 Å². The first-order chi connectivity index (χ1) is 12.0. The normalized spacial score (nSPS) is 20.0. The summed E-state index contributed by atoms with van der Waals surface area (Å²) >= 11 is 1.41. The van der Waals surface area contributed by atoms with Crippen LogP contribution >= 0.6 is 11.3 Å². The molecule has 0 aliphatic carbocycles. The third-order valence-corrected chi connectivity index (χ3v) is 5.83. The summed E-state index contributed by atoms with van der Waals surface area (Å²) in [4.78, 5) is 40.6. The first kappa shape index (κ1) is 17.4. The number of nitrogens with zero attached hydrogens (tertiary/aromatic N) is 1. The first-order valence-electron chi connectivity index (χ1n) is 8.33. The van der Waals surface area contributed by atoms with Gasteiger partial charge in [-0.05, 0) is 30.5 Å². The van der Waals surface area contributed by atoms with Gasteiger partial charge in [0.05, 0.1) is 11.4 Å². The summed E-state index contributed by atoms with van der Waals surface area (Å²) in [7, 11) is 0. The fourth-order valence-electron chi connectivity index (χ4n) is 3.07. The van der Waals surface area contributed by atoms with E-state index >= 15 is 0 Å². The Bertz CT molecular complexity index is 815. The minimum absolute atomic E-state index is 0.215. The molecule has 5 nitrogen and oxygen atoms in total. The van der Waals surface area contributed by atoms with Crippen molar-refractivity contribution in [3.8, 4) is 0 Å². The maximum Gasteiger partial charge on any atom is 0.325 e. The molecular weight excluding hydrogens is 336 g/mol. The van der Waals surface area contributed by atoms with Crippen molar-refractivity contribution >= 4 is 29.1 Å². The zero-order chi connectivity index (χ0) is 18.0. The Morgan fingerprint density at radius 2 is 1.84 bits per heavy atom. The van der Waals surface area contributed by atoms with Gasteiger partial charge in [-0.3, -0.25) is 14.5 Å². The molecule has 3 rings (SSSR count). The summed E-state index contributed by atoms with van der Waals surface area (Å²) in [6.07, 6.45) is 1.28. The van der Waals surface area contributed by atoms with Crippen LogP contribution in [-0.2, 0) is 16.8 Å². The van der Waals surface area contributed by atoms with Gasteiger partial charge in [-0.25, -0.2) is 4.79 Å². The van der Waals surface area contributed by atoms with E-state index in [9.17, 15) is 14.4 Å². The summed E-state index contributed by atoms with van der Waals surface area (Å²) < 4.78 is 0. The van der Waals surface area contributed by atoms with Crippen LogP contribution in [0.4, 0.5) is 4.79 Å². The molecule has 1 aliphatic heterocycles. The topological polar surface area (TPSA) is 66.5 Å². The number of Topliss-reactive ketones (excluding diaryl/α,β-unsaturated/α-hetero) is 1. The van der Waals surface area contributed by atoms with Gasteiger partial charge in [0.1, 0.15) is 5.54 Å². The Kier molecular flexibility index (Phi) is 4.72. The molecule has 1 atom stereocenters. The van der Waals surface area contributed by atoms with Gasteiger partial charge in [0.2, 0.25) is 0 Å². The van der Waals surface area contributed by atoms with E-state index in [2.05, 4.69) is 5.32 Å². The van der Waals surface area contributed by atoms with Crippen molar-refractivity contribution in [2.45, 2.75) is 32.2 Å². The summed E-state index contributed by atoms with van der Waals surface area (Å²) in [5.74, 6) is -0.583. The van der Waals surface area contributed by atoms with Crippen molar-refractivity contribution in [3.63, 3.8) is 0 Å². The number of carbonyl (C=O) groups is 3. The molecule has 1 fully saturated rings. The summed E-state index contributed by atoms with van der Waals surface area (Å²) in [6, 6.07) is 12.3. The fraction of sp³-hybridized carbons (Fsp3) is 0.316. The second kappa shape index (κ2) is 6.80. The molecule has 0 bridgehead atoms. The van der Waals surface area contributed by atoms with Crippen LogP contribution in [0, 0.1) is 0 Å². The molecule has 2 heterocycles. The second-order valence-electron chi connectivity index (χ2n) is 5.99. The highest BCUT2D eigenvalue weighted by Crippen LogP contribution is 2.32. The lowest BCUT2D eigenvalue weighted by molar-refractivity contribution is -0.131. The van der Waals surface area contributed by atoms with Crippen LogP contribution in [0.25, 0.3) is 0 Å². The number of rotatable bonds is 6.